The molecule has 0 amide bonds. The SMILES string of the molecule is C=C1CC[C@@]2(C)CC[C@]3(O)c4ccc(OC)cc4CC[C@@H]3[C@H]12. The molecule has 2 heteroatoms. The van der Waals surface area contributed by atoms with Crippen molar-refractivity contribution in [2.75, 3.05) is 7.11 Å². The molecule has 0 radical (unpaired) electrons. The fourth-order valence-corrected chi connectivity index (χ4v) is 5.61. The van der Waals surface area contributed by atoms with Crippen molar-refractivity contribution in [3.8, 4) is 5.75 Å². The number of allylic oxidation sites excluding steroid dienone is 1. The van der Waals surface area contributed by atoms with Crippen molar-refractivity contribution < 1.29 is 9.84 Å². The molecule has 0 aliphatic heterocycles. The van der Waals surface area contributed by atoms with Crippen LogP contribution < -0.4 is 4.74 Å². The zero-order valence-corrected chi connectivity index (χ0v) is 13.7. The van der Waals surface area contributed by atoms with Crippen LogP contribution in [-0.2, 0) is 12.0 Å². The molecule has 4 atom stereocenters. The summed E-state index contributed by atoms with van der Waals surface area (Å²) >= 11 is 0. The van der Waals surface area contributed by atoms with Crippen LogP contribution in [0.3, 0.4) is 0 Å². The van der Waals surface area contributed by atoms with Crippen molar-refractivity contribution in [3.63, 3.8) is 0 Å². The van der Waals surface area contributed by atoms with Crippen LogP contribution in [0, 0.1) is 17.3 Å². The molecule has 1 N–H and O–H groups in total. The molecular weight excluding hydrogens is 272 g/mol. The van der Waals surface area contributed by atoms with Crippen LogP contribution in [0.25, 0.3) is 0 Å². The van der Waals surface area contributed by atoms with Crippen LogP contribution in [0.2, 0.25) is 0 Å². The standard InChI is InChI=1S/C20H26O2/c1-13-8-9-19(2)10-11-20(21)16-7-5-15(22-3)12-14(16)4-6-17(20)18(13)19/h5,7,12,17-18,21H,1,4,6,8-11H2,2-3H3/t17-,18+,19+,20+/m1/s1. The Labute approximate surface area is 133 Å². The molecule has 1 aromatic rings. The Balaban J connectivity index is 1.79. The number of hydrogen-bond acceptors (Lipinski definition) is 2. The molecule has 0 saturated heterocycles. The van der Waals surface area contributed by atoms with E-state index in [0.717, 1.165) is 43.4 Å². The summed E-state index contributed by atoms with van der Waals surface area (Å²) in [4.78, 5) is 0. The fourth-order valence-electron chi connectivity index (χ4n) is 5.61. The van der Waals surface area contributed by atoms with Crippen LogP contribution in [0.5, 0.6) is 5.75 Å². The maximum Gasteiger partial charge on any atom is 0.119 e. The van der Waals surface area contributed by atoms with E-state index in [1.165, 1.54) is 17.6 Å². The molecule has 22 heavy (non-hydrogen) atoms. The van der Waals surface area contributed by atoms with Gasteiger partial charge in [0.1, 0.15) is 5.75 Å². The summed E-state index contributed by atoms with van der Waals surface area (Å²) in [6.07, 6.45) is 6.49. The largest absolute Gasteiger partial charge is 0.497 e. The number of hydrogen-bond donors (Lipinski definition) is 1. The summed E-state index contributed by atoms with van der Waals surface area (Å²) in [5.74, 6) is 1.72. The molecule has 118 valence electrons. The van der Waals surface area contributed by atoms with Gasteiger partial charge in [-0.2, -0.15) is 0 Å². The van der Waals surface area contributed by atoms with E-state index in [0.29, 0.717) is 17.3 Å². The van der Waals surface area contributed by atoms with Gasteiger partial charge in [0, 0.05) is 0 Å². The quantitative estimate of drug-likeness (QED) is 0.787. The first-order chi connectivity index (χ1) is 10.5. The van der Waals surface area contributed by atoms with Crippen LogP contribution in [-0.4, -0.2) is 12.2 Å². The van der Waals surface area contributed by atoms with Gasteiger partial charge in [-0.1, -0.05) is 25.1 Å². The van der Waals surface area contributed by atoms with Crippen molar-refractivity contribution in [3.05, 3.63) is 41.5 Å². The Morgan fingerprint density at radius 2 is 2.05 bits per heavy atom. The number of ether oxygens (including phenoxy) is 1. The second kappa shape index (κ2) is 4.61. The van der Waals surface area contributed by atoms with E-state index >= 15 is 0 Å². The van der Waals surface area contributed by atoms with Gasteiger partial charge in [-0.15, -0.1) is 0 Å². The average molecular weight is 298 g/mol. The van der Waals surface area contributed by atoms with Crippen molar-refractivity contribution in [1.29, 1.82) is 0 Å². The number of rotatable bonds is 1. The van der Waals surface area contributed by atoms with Crippen molar-refractivity contribution in [2.45, 2.75) is 51.0 Å². The predicted molar refractivity (Wildman–Crippen MR) is 87.9 cm³/mol. The Kier molecular flexibility index (Phi) is 3.00. The van der Waals surface area contributed by atoms with E-state index in [-0.39, 0.29) is 0 Å². The van der Waals surface area contributed by atoms with Crippen molar-refractivity contribution in [1.82, 2.24) is 0 Å². The molecule has 3 aliphatic carbocycles. The van der Waals surface area contributed by atoms with Crippen LogP contribution >= 0.6 is 0 Å². The smallest absolute Gasteiger partial charge is 0.119 e. The minimum absolute atomic E-state index is 0.335. The van der Waals surface area contributed by atoms with Crippen LogP contribution in [0.15, 0.2) is 30.4 Å². The second-order valence-corrected chi connectivity index (χ2v) is 7.88. The Morgan fingerprint density at radius 3 is 2.82 bits per heavy atom. The maximum atomic E-state index is 11.6. The Hall–Kier alpha value is -1.28. The lowest BCUT2D eigenvalue weighted by atomic mass is 9.53. The molecule has 0 unspecified atom stereocenters. The average Bonchev–Trinajstić information content (AvgIpc) is 2.83. The maximum absolute atomic E-state index is 11.6. The molecule has 0 spiro atoms. The lowest BCUT2D eigenvalue weighted by molar-refractivity contribution is -0.117. The lowest BCUT2D eigenvalue weighted by Gasteiger charge is -2.54. The molecule has 0 aromatic heterocycles. The highest BCUT2D eigenvalue weighted by atomic mass is 16.5. The minimum Gasteiger partial charge on any atom is -0.497 e. The van der Waals surface area contributed by atoms with E-state index in [9.17, 15) is 5.11 Å². The first-order valence-electron chi connectivity index (χ1n) is 8.55. The summed E-state index contributed by atoms with van der Waals surface area (Å²) in [6.45, 7) is 6.77. The third-order valence-electron chi connectivity index (χ3n) is 6.80. The highest BCUT2D eigenvalue weighted by molar-refractivity contribution is 5.43. The number of fused-ring (bicyclic) bond motifs is 5. The lowest BCUT2D eigenvalue weighted by Crippen LogP contribution is -2.51. The summed E-state index contributed by atoms with van der Waals surface area (Å²) in [6, 6.07) is 6.21. The molecule has 1 aromatic carbocycles. The number of aliphatic hydroxyl groups is 1. The van der Waals surface area contributed by atoms with Gasteiger partial charge in [-0.25, -0.2) is 0 Å². The fraction of sp³-hybridized carbons (Fsp3) is 0.600. The highest BCUT2D eigenvalue weighted by Gasteiger charge is 2.57. The first-order valence-corrected chi connectivity index (χ1v) is 8.55. The number of aryl methyl sites for hydroxylation is 1. The minimum atomic E-state index is -0.669. The molecular formula is C20H26O2. The van der Waals surface area contributed by atoms with Gasteiger partial charge in [0.2, 0.25) is 0 Å². The Bertz CT molecular complexity index is 635. The molecule has 4 rings (SSSR count). The van der Waals surface area contributed by atoms with Gasteiger partial charge in [0.25, 0.3) is 0 Å². The second-order valence-electron chi connectivity index (χ2n) is 7.88. The van der Waals surface area contributed by atoms with Crippen LogP contribution in [0.1, 0.15) is 50.2 Å². The van der Waals surface area contributed by atoms with E-state index in [4.69, 9.17) is 4.74 Å². The zero-order chi connectivity index (χ0) is 15.5. The van der Waals surface area contributed by atoms with E-state index < -0.39 is 5.60 Å². The molecule has 0 heterocycles. The highest BCUT2D eigenvalue weighted by Crippen LogP contribution is 2.63. The normalized spacial score (nSPS) is 39.9. The molecule has 3 aliphatic rings. The van der Waals surface area contributed by atoms with E-state index in [1.807, 2.05) is 6.07 Å². The summed E-state index contributed by atoms with van der Waals surface area (Å²) in [7, 11) is 1.70. The summed E-state index contributed by atoms with van der Waals surface area (Å²) < 4.78 is 5.36. The monoisotopic (exact) mass is 298 g/mol. The topological polar surface area (TPSA) is 29.5 Å². The van der Waals surface area contributed by atoms with Crippen molar-refractivity contribution in [2.24, 2.45) is 17.3 Å². The van der Waals surface area contributed by atoms with Gasteiger partial charge >= 0.3 is 0 Å². The molecule has 2 nitrogen and oxygen atoms in total. The summed E-state index contributed by atoms with van der Waals surface area (Å²) in [5, 5.41) is 11.6. The first kappa shape index (κ1) is 14.3. The van der Waals surface area contributed by atoms with E-state index in [1.54, 1.807) is 7.11 Å². The predicted octanol–water partition coefficient (Wildman–Crippen LogP) is 4.21. The van der Waals surface area contributed by atoms with Crippen LogP contribution in [0.4, 0.5) is 0 Å². The van der Waals surface area contributed by atoms with Gasteiger partial charge in [0.05, 0.1) is 12.7 Å². The molecule has 0 bridgehead atoms. The van der Waals surface area contributed by atoms with Gasteiger partial charge < -0.3 is 9.84 Å². The van der Waals surface area contributed by atoms with Gasteiger partial charge in [-0.3, -0.25) is 0 Å². The Morgan fingerprint density at radius 1 is 1.23 bits per heavy atom. The van der Waals surface area contributed by atoms with Gasteiger partial charge in [0.15, 0.2) is 0 Å². The van der Waals surface area contributed by atoms with Crippen molar-refractivity contribution >= 4 is 0 Å². The number of benzene rings is 1. The molecule has 2 fully saturated rings. The summed E-state index contributed by atoms with van der Waals surface area (Å²) in [5.41, 5.74) is 3.48. The third kappa shape index (κ3) is 1.76. The third-order valence-corrected chi connectivity index (χ3v) is 6.80. The molecule has 2 saturated carbocycles. The zero-order valence-electron chi connectivity index (χ0n) is 13.7. The van der Waals surface area contributed by atoms with Gasteiger partial charge in [-0.05, 0) is 79.0 Å². The van der Waals surface area contributed by atoms with E-state index in [2.05, 4.69) is 25.6 Å². The number of methoxy groups -OCH3 is 1.